The van der Waals surface area contributed by atoms with Crippen molar-refractivity contribution in [3.05, 3.63) is 59.9 Å². The lowest BCUT2D eigenvalue weighted by atomic mass is 9.92. The van der Waals surface area contributed by atoms with E-state index in [-0.39, 0.29) is 23.6 Å². The SMILES string of the molecule is C=CC(O)(CC(=N)c1cc(F)cc(F)c1)C(=O)N[C@@H]1C=C(C(=O)NSC)OC1. The molecule has 1 aliphatic heterocycles. The third kappa shape index (κ3) is 5.17. The number of amides is 2. The molecule has 0 fully saturated rings. The van der Waals surface area contributed by atoms with E-state index in [4.69, 9.17) is 10.1 Å². The van der Waals surface area contributed by atoms with Crippen molar-refractivity contribution in [3.63, 3.8) is 0 Å². The zero-order valence-corrected chi connectivity index (χ0v) is 15.7. The van der Waals surface area contributed by atoms with Gasteiger partial charge in [0.1, 0.15) is 18.2 Å². The highest BCUT2D eigenvalue weighted by Crippen LogP contribution is 2.20. The van der Waals surface area contributed by atoms with Crippen LogP contribution in [0.15, 0.2) is 42.7 Å². The third-order valence-corrected chi connectivity index (χ3v) is 4.28. The van der Waals surface area contributed by atoms with Gasteiger partial charge in [-0.1, -0.05) is 24.6 Å². The fourth-order valence-electron chi connectivity index (χ4n) is 2.46. The number of carbonyl (C=O) groups excluding carboxylic acids is 2. The lowest BCUT2D eigenvalue weighted by molar-refractivity contribution is -0.135. The van der Waals surface area contributed by atoms with Crippen LogP contribution in [0, 0.1) is 17.0 Å². The largest absolute Gasteiger partial charge is 0.486 e. The summed E-state index contributed by atoms with van der Waals surface area (Å²) in [6.45, 7) is 3.40. The topological polar surface area (TPSA) is 112 Å². The number of hydrogen-bond acceptors (Lipinski definition) is 6. The number of benzene rings is 1. The second-order valence-corrected chi connectivity index (χ2v) is 6.61. The van der Waals surface area contributed by atoms with E-state index in [0.29, 0.717) is 6.07 Å². The van der Waals surface area contributed by atoms with Crippen molar-refractivity contribution in [2.24, 2.45) is 0 Å². The van der Waals surface area contributed by atoms with E-state index in [2.05, 4.69) is 16.6 Å². The summed E-state index contributed by atoms with van der Waals surface area (Å²) in [5, 5.41) is 21.0. The third-order valence-electron chi connectivity index (χ3n) is 3.89. The molecule has 1 unspecified atom stereocenters. The Morgan fingerprint density at radius 1 is 1.43 bits per heavy atom. The lowest BCUT2D eigenvalue weighted by Gasteiger charge is -2.25. The summed E-state index contributed by atoms with van der Waals surface area (Å²) in [4.78, 5) is 24.2. The molecule has 2 amide bonds. The van der Waals surface area contributed by atoms with Crippen molar-refractivity contribution < 1.29 is 28.2 Å². The molecule has 0 aliphatic carbocycles. The van der Waals surface area contributed by atoms with Crippen molar-refractivity contribution in [3.8, 4) is 0 Å². The van der Waals surface area contributed by atoms with E-state index in [1.807, 2.05) is 0 Å². The Kier molecular flexibility index (Phi) is 6.92. The first kappa shape index (κ1) is 21.6. The molecule has 0 saturated heterocycles. The number of halogens is 2. The van der Waals surface area contributed by atoms with Gasteiger partial charge < -0.3 is 20.6 Å². The van der Waals surface area contributed by atoms with E-state index in [0.717, 1.165) is 30.2 Å². The summed E-state index contributed by atoms with van der Waals surface area (Å²) in [7, 11) is 0. The van der Waals surface area contributed by atoms with Crippen LogP contribution < -0.4 is 10.0 Å². The van der Waals surface area contributed by atoms with Gasteiger partial charge >= 0.3 is 0 Å². The number of ether oxygens (including phenoxy) is 1. The molecule has 0 bridgehead atoms. The molecule has 0 saturated carbocycles. The van der Waals surface area contributed by atoms with Crippen LogP contribution in [0.3, 0.4) is 0 Å². The maximum Gasteiger partial charge on any atom is 0.295 e. The summed E-state index contributed by atoms with van der Waals surface area (Å²) in [5.74, 6) is -3.07. The molecule has 2 rings (SSSR count). The maximum absolute atomic E-state index is 13.3. The standard InChI is InChI=1S/C18H19F2N3O4S/c1-3-18(26,8-14(21)10-4-11(19)6-12(20)5-10)17(25)22-13-7-15(27-9-13)16(24)23-28-2/h3-7,13,21,26H,1,8-9H2,2H3,(H,22,25)(H,23,24)/t13-,18?/m1/s1. The summed E-state index contributed by atoms with van der Waals surface area (Å²) in [5.41, 5.74) is -2.65. The Hall–Kier alpha value is -2.72. The summed E-state index contributed by atoms with van der Waals surface area (Å²) in [6.07, 6.45) is 3.44. The van der Waals surface area contributed by atoms with Gasteiger partial charge in [-0.3, -0.25) is 14.3 Å². The Labute approximate surface area is 164 Å². The second kappa shape index (κ2) is 8.98. The Morgan fingerprint density at radius 2 is 2.07 bits per heavy atom. The minimum Gasteiger partial charge on any atom is -0.486 e. The van der Waals surface area contributed by atoms with E-state index < -0.39 is 41.5 Å². The predicted octanol–water partition coefficient (Wildman–Crippen LogP) is 1.43. The average molecular weight is 411 g/mol. The molecular formula is C18H19F2N3O4S. The van der Waals surface area contributed by atoms with Gasteiger partial charge in [0, 0.05) is 30.0 Å². The van der Waals surface area contributed by atoms with Crippen molar-refractivity contribution in [2.75, 3.05) is 12.9 Å². The fourth-order valence-corrected chi connectivity index (χ4v) is 2.75. The quantitative estimate of drug-likeness (QED) is 0.294. The van der Waals surface area contributed by atoms with Crippen LogP contribution in [-0.4, -0.2) is 47.1 Å². The molecule has 1 aliphatic rings. The van der Waals surface area contributed by atoms with E-state index in [1.165, 1.54) is 6.08 Å². The minimum absolute atomic E-state index is 0.0113. The van der Waals surface area contributed by atoms with Crippen molar-refractivity contribution in [1.29, 1.82) is 5.41 Å². The number of rotatable bonds is 8. The molecule has 28 heavy (non-hydrogen) atoms. The van der Waals surface area contributed by atoms with Gasteiger partial charge in [0.25, 0.3) is 11.8 Å². The molecule has 7 nitrogen and oxygen atoms in total. The van der Waals surface area contributed by atoms with Crippen molar-refractivity contribution >= 4 is 29.5 Å². The number of hydrogen-bond donors (Lipinski definition) is 4. The highest BCUT2D eigenvalue weighted by Gasteiger charge is 2.36. The maximum atomic E-state index is 13.3. The highest BCUT2D eigenvalue weighted by atomic mass is 32.2. The van der Waals surface area contributed by atoms with Crippen LogP contribution in [0.2, 0.25) is 0 Å². The molecule has 0 spiro atoms. The van der Waals surface area contributed by atoms with Gasteiger partial charge in [-0.2, -0.15) is 0 Å². The zero-order chi connectivity index (χ0) is 20.9. The Bertz CT molecular complexity index is 826. The minimum atomic E-state index is -2.20. The smallest absolute Gasteiger partial charge is 0.295 e. The number of carbonyl (C=O) groups is 2. The van der Waals surface area contributed by atoms with Gasteiger partial charge in [0.05, 0.1) is 6.04 Å². The van der Waals surface area contributed by atoms with Crippen molar-refractivity contribution in [1.82, 2.24) is 10.0 Å². The zero-order valence-electron chi connectivity index (χ0n) is 14.9. The van der Waals surface area contributed by atoms with E-state index in [1.54, 1.807) is 6.26 Å². The lowest BCUT2D eigenvalue weighted by Crippen LogP contribution is -2.50. The first-order valence-electron chi connectivity index (χ1n) is 8.07. The Balaban J connectivity index is 2.08. The van der Waals surface area contributed by atoms with Crippen LogP contribution in [0.5, 0.6) is 0 Å². The van der Waals surface area contributed by atoms with Gasteiger partial charge in [-0.25, -0.2) is 8.78 Å². The van der Waals surface area contributed by atoms with Gasteiger partial charge in [-0.15, -0.1) is 0 Å². The predicted molar refractivity (Wildman–Crippen MR) is 101 cm³/mol. The van der Waals surface area contributed by atoms with Gasteiger partial charge in [-0.05, 0) is 18.2 Å². The summed E-state index contributed by atoms with van der Waals surface area (Å²) < 4.78 is 34.3. The van der Waals surface area contributed by atoms with Gasteiger partial charge in [0.15, 0.2) is 11.4 Å². The van der Waals surface area contributed by atoms with Crippen LogP contribution in [0.4, 0.5) is 8.78 Å². The van der Waals surface area contributed by atoms with Crippen LogP contribution in [-0.2, 0) is 14.3 Å². The molecule has 150 valence electrons. The van der Waals surface area contributed by atoms with Crippen LogP contribution in [0.25, 0.3) is 0 Å². The molecular weight excluding hydrogens is 392 g/mol. The summed E-state index contributed by atoms with van der Waals surface area (Å²) in [6, 6.07) is 1.83. The average Bonchev–Trinajstić information content (AvgIpc) is 3.09. The fraction of sp³-hybridized carbons (Fsp3) is 0.278. The first-order chi connectivity index (χ1) is 13.2. The normalized spacial score (nSPS) is 17.7. The molecule has 10 heteroatoms. The second-order valence-electron chi connectivity index (χ2n) is 6.00. The monoisotopic (exact) mass is 411 g/mol. The molecule has 1 heterocycles. The first-order valence-corrected chi connectivity index (χ1v) is 9.29. The molecule has 2 atom stereocenters. The summed E-state index contributed by atoms with van der Waals surface area (Å²) >= 11 is 1.09. The van der Waals surface area contributed by atoms with E-state index >= 15 is 0 Å². The van der Waals surface area contributed by atoms with Crippen molar-refractivity contribution in [2.45, 2.75) is 18.1 Å². The molecule has 1 aromatic carbocycles. The number of nitrogens with one attached hydrogen (secondary N) is 3. The molecule has 0 radical (unpaired) electrons. The molecule has 0 aromatic heterocycles. The van der Waals surface area contributed by atoms with Crippen LogP contribution in [0.1, 0.15) is 12.0 Å². The van der Waals surface area contributed by atoms with Crippen LogP contribution >= 0.6 is 11.9 Å². The molecule has 1 aromatic rings. The Morgan fingerprint density at radius 3 is 2.64 bits per heavy atom. The highest BCUT2D eigenvalue weighted by molar-refractivity contribution is 7.97. The number of aliphatic hydroxyl groups is 1. The van der Waals surface area contributed by atoms with E-state index in [9.17, 15) is 23.5 Å². The van der Waals surface area contributed by atoms with Gasteiger partial charge in [0.2, 0.25) is 0 Å². The molecule has 4 N–H and O–H groups in total.